The lowest BCUT2D eigenvalue weighted by Crippen LogP contribution is -2.49. The van der Waals surface area contributed by atoms with Gasteiger partial charge in [0.05, 0.1) is 12.1 Å². The molecule has 0 radical (unpaired) electrons. The molecule has 1 saturated heterocycles. The van der Waals surface area contributed by atoms with Crippen molar-refractivity contribution in [2.75, 3.05) is 31.1 Å². The predicted octanol–water partition coefficient (Wildman–Crippen LogP) is 3.00. The van der Waals surface area contributed by atoms with Crippen molar-refractivity contribution >= 4 is 11.6 Å². The van der Waals surface area contributed by atoms with Crippen LogP contribution in [0.15, 0.2) is 42.5 Å². The molecule has 24 heavy (non-hydrogen) atoms. The number of amides is 1. The lowest BCUT2D eigenvalue weighted by molar-refractivity contribution is -0.130. The molecular formula is C18H17F3N2O. The van der Waals surface area contributed by atoms with E-state index in [1.54, 1.807) is 28.0 Å². The maximum atomic E-state index is 13.8. The highest BCUT2D eigenvalue weighted by Crippen LogP contribution is 2.22. The van der Waals surface area contributed by atoms with E-state index in [9.17, 15) is 18.0 Å². The van der Waals surface area contributed by atoms with Crippen LogP contribution in [0.25, 0.3) is 0 Å². The third-order valence-corrected chi connectivity index (χ3v) is 4.18. The Labute approximate surface area is 138 Å². The second kappa shape index (κ2) is 6.95. The largest absolute Gasteiger partial charge is 0.366 e. The maximum Gasteiger partial charge on any atom is 0.227 e. The Morgan fingerprint density at radius 2 is 1.62 bits per heavy atom. The van der Waals surface area contributed by atoms with E-state index in [0.717, 1.165) is 6.07 Å². The second-order valence-electron chi connectivity index (χ2n) is 5.73. The van der Waals surface area contributed by atoms with Gasteiger partial charge in [-0.25, -0.2) is 13.2 Å². The molecule has 0 bridgehead atoms. The fraction of sp³-hybridized carbons (Fsp3) is 0.278. The number of benzene rings is 2. The molecule has 0 unspecified atom stereocenters. The molecule has 0 N–H and O–H groups in total. The molecule has 1 aliphatic rings. The fourth-order valence-corrected chi connectivity index (χ4v) is 2.85. The van der Waals surface area contributed by atoms with Crippen molar-refractivity contribution in [1.82, 2.24) is 4.90 Å². The number of hydrogen-bond donors (Lipinski definition) is 0. The molecule has 126 valence electrons. The first-order valence-electron chi connectivity index (χ1n) is 7.76. The molecule has 3 nitrogen and oxygen atoms in total. The van der Waals surface area contributed by atoms with Gasteiger partial charge in [-0.05, 0) is 23.8 Å². The van der Waals surface area contributed by atoms with Crippen molar-refractivity contribution in [2.45, 2.75) is 6.42 Å². The van der Waals surface area contributed by atoms with Gasteiger partial charge >= 0.3 is 0 Å². The number of halogens is 3. The first-order valence-corrected chi connectivity index (χ1v) is 7.76. The Hall–Kier alpha value is -2.50. The van der Waals surface area contributed by atoms with Gasteiger partial charge in [0, 0.05) is 32.2 Å². The smallest absolute Gasteiger partial charge is 0.227 e. The number of anilines is 1. The van der Waals surface area contributed by atoms with E-state index in [4.69, 9.17) is 0 Å². The Kier molecular flexibility index (Phi) is 4.74. The molecule has 6 heteroatoms. The van der Waals surface area contributed by atoms with Gasteiger partial charge in [0.15, 0.2) is 0 Å². The zero-order chi connectivity index (χ0) is 17.1. The maximum absolute atomic E-state index is 13.8. The van der Waals surface area contributed by atoms with Crippen molar-refractivity contribution in [3.8, 4) is 0 Å². The number of piperazine rings is 1. The standard InChI is InChI=1S/C18H17F3N2O/c19-14-5-6-17(16(21)12-14)22-7-9-23(10-8-22)18(24)11-13-3-1-2-4-15(13)20/h1-6,12H,7-11H2. The molecule has 0 saturated carbocycles. The average Bonchev–Trinajstić information content (AvgIpc) is 2.57. The van der Waals surface area contributed by atoms with Crippen LogP contribution in [0.4, 0.5) is 18.9 Å². The molecule has 2 aromatic carbocycles. The zero-order valence-electron chi connectivity index (χ0n) is 13.0. The highest BCUT2D eigenvalue weighted by molar-refractivity contribution is 5.79. The number of carbonyl (C=O) groups is 1. The molecule has 3 rings (SSSR count). The summed E-state index contributed by atoms with van der Waals surface area (Å²) in [5.74, 6) is -1.77. The molecule has 0 aromatic heterocycles. The van der Waals surface area contributed by atoms with Crippen LogP contribution in [0, 0.1) is 17.5 Å². The van der Waals surface area contributed by atoms with E-state index >= 15 is 0 Å². The number of carbonyl (C=O) groups excluding carboxylic acids is 1. The van der Waals surface area contributed by atoms with Crippen LogP contribution in [0.5, 0.6) is 0 Å². The monoisotopic (exact) mass is 334 g/mol. The van der Waals surface area contributed by atoms with Gasteiger partial charge in [0.25, 0.3) is 0 Å². The summed E-state index contributed by atoms with van der Waals surface area (Å²) in [6.45, 7) is 1.74. The van der Waals surface area contributed by atoms with Crippen LogP contribution in [0.2, 0.25) is 0 Å². The molecule has 1 heterocycles. The van der Waals surface area contributed by atoms with Gasteiger partial charge in [-0.1, -0.05) is 18.2 Å². The first kappa shape index (κ1) is 16.4. The fourth-order valence-electron chi connectivity index (χ4n) is 2.85. The van der Waals surface area contributed by atoms with E-state index in [1.165, 1.54) is 18.2 Å². The number of nitrogens with zero attached hydrogens (tertiary/aromatic N) is 2. The van der Waals surface area contributed by atoms with Gasteiger partial charge in [-0.3, -0.25) is 4.79 Å². The van der Waals surface area contributed by atoms with Crippen LogP contribution >= 0.6 is 0 Å². The summed E-state index contributed by atoms with van der Waals surface area (Å²) in [5.41, 5.74) is 0.701. The van der Waals surface area contributed by atoms with E-state index in [2.05, 4.69) is 0 Å². The highest BCUT2D eigenvalue weighted by atomic mass is 19.1. The Balaban J connectivity index is 1.60. The van der Waals surface area contributed by atoms with Crippen LogP contribution < -0.4 is 4.90 Å². The van der Waals surface area contributed by atoms with E-state index in [0.29, 0.717) is 37.4 Å². The van der Waals surface area contributed by atoms with Crippen LogP contribution in [-0.2, 0) is 11.2 Å². The first-order chi connectivity index (χ1) is 11.5. The Bertz CT molecular complexity index is 743. The van der Waals surface area contributed by atoms with E-state index in [-0.39, 0.29) is 12.3 Å². The van der Waals surface area contributed by atoms with E-state index in [1.807, 2.05) is 0 Å². The molecule has 0 aliphatic carbocycles. The molecule has 1 amide bonds. The zero-order valence-corrected chi connectivity index (χ0v) is 13.0. The second-order valence-corrected chi connectivity index (χ2v) is 5.73. The van der Waals surface area contributed by atoms with Crippen molar-refractivity contribution in [3.63, 3.8) is 0 Å². The summed E-state index contributed by atoms with van der Waals surface area (Å²) in [7, 11) is 0. The summed E-state index contributed by atoms with van der Waals surface area (Å²) in [4.78, 5) is 15.7. The minimum atomic E-state index is -0.616. The third-order valence-electron chi connectivity index (χ3n) is 4.18. The van der Waals surface area contributed by atoms with Gasteiger partial charge in [0.1, 0.15) is 17.5 Å². The van der Waals surface area contributed by atoms with Gasteiger partial charge in [0.2, 0.25) is 5.91 Å². The van der Waals surface area contributed by atoms with Crippen LogP contribution in [0.1, 0.15) is 5.56 Å². The quantitative estimate of drug-likeness (QED) is 0.861. The van der Waals surface area contributed by atoms with E-state index < -0.39 is 17.5 Å². The molecule has 0 atom stereocenters. The molecule has 0 spiro atoms. The van der Waals surface area contributed by atoms with Crippen molar-refractivity contribution in [3.05, 3.63) is 65.5 Å². The Morgan fingerprint density at radius 3 is 2.29 bits per heavy atom. The topological polar surface area (TPSA) is 23.6 Å². The van der Waals surface area contributed by atoms with Gasteiger partial charge in [-0.2, -0.15) is 0 Å². The van der Waals surface area contributed by atoms with Crippen LogP contribution in [0.3, 0.4) is 0 Å². The van der Waals surface area contributed by atoms with Crippen LogP contribution in [-0.4, -0.2) is 37.0 Å². The summed E-state index contributed by atoms with van der Waals surface area (Å²) in [6, 6.07) is 9.68. The molecular weight excluding hydrogens is 317 g/mol. The van der Waals surface area contributed by atoms with Crippen molar-refractivity contribution in [2.24, 2.45) is 0 Å². The molecule has 2 aromatic rings. The lowest BCUT2D eigenvalue weighted by atomic mass is 10.1. The molecule has 1 fully saturated rings. The third kappa shape index (κ3) is 3.53. The average molecular weight is 334 g/mol. The normalized spacial score (nSPS) is 14.8. The van der Waals surface area contributed by atoms with Gasteiger partial charge in [-0.15, -0.1) is 0 Å². The lowest BCUT2D eigenvalue weighted by Gasteiger charge is -2.36. The van der Waals surface area contributed by atoms with Crippen molar-refractivity contribution < 1.29 is 18.0 Å². The summed E-state index contributed by atoms with van der Waals surface area (Å²) in [6.07, 6.45) is 0.0115. The van der Waals surface area contributed by atoms with Crippen molar-refractivity contribution in [1.29, 1.82) is 0 Å². The summed E-state index contributed by atoms with van der Waals surface area (Å²) in [5, 5.41) is 0. The van der Waals surface area contributed by atoms with Gasteiger partial charge < -0.3 is 9.80 Å². The minimum absolute atomic E-state index is 0.0115. The Morgan fingerprint density at radius 1 is 0.917 bits per heavy atom. The predicted molar refractivity (Wildman–Crippen MR) is 85.3 cm³/mol. The highest BCUT2D eigenvalue weighted by Gasteiger charge is 2.23. The summed E-state index contributed by atoms with van der Waals surface area (Å²) >= 11 is 0. The number of rotatable bonds is 3. The summed E-state index contributed by atoms with van der Waals surface area (Å²) < 4.78 is 40.4. The molecule has 1 aliphatic heterocycles. The minimum Gasteiger partial charge on any atom is -0.366 e. The number of hydrogen-bond acceptors (Lipinski definition) is 2. The SMILES string of the molecule is O=C(Cc1ccccc1F)N1CCN(c2ccc(F)cc2F)CC1.